The number of Topliss-reactive ketones (excluding diaryl/α,β-unsaturated/α-hetero) is 1. The first-order valence-corrected chi connectivity index (χ1v) is 9.83. The maximum Gasteiger partial charge on any atom is 0.131 e. The van der Waals surface area contributed by atoms with Crippen LogP contribution in [0.4, 0.5) is 0 Å². The Hall–Kier alpha value is -2.29. The Morgan fingerprint density at radius 2 is 1.11 bits per heavy atom. The molecule has 0 heterocycles. The molecule has 3 nitrogen and oxygen atoms in total. The van der Waals surface area contributed by atoms with Gasteiger partial charge in [0.15, 0.2) is 0 Å². The van der Waals surface area contributed by atoms with E-state index in [1.165, 1.54) is 0 Å². The topological polar surface area (TPSA) is 57.5 Å². The minimum atomic E-state index is -0.562. The molecule has 2 aromatic rings. The Kier molecular flexibility index (Phi) is 5.71. The second-order valence-electron chi connectivity index (χ2n) is 10.2. The van der Waals surface area contributed by atoms with Crippen LogP contribution in [0.15, 0.2) is 36.4 Å². The van der Waals surface area contributed by atoms with Gasteiger partial charge < -0.3 is 10.2 Å². The van der Waals surface area contributed by atoms with Crippen LogP contribution in [0.3, 0.4) is 0 Å². The third-order valence-corrected chi connectivity index (χ3v) is 5.49. The summed E-state index contributed by atoms with van der Waals surface area (Å²) in [6.45, 7) is 16.0. The summed E-state index contributed by atoms with van der Waals surface area (Å²) in [5.74, 6) is 0.628. The number of phenols is 2. The van der Waals surface area contributed by atoms with Crippen molar-refractivity contribution in [3.63, 3.8) is 0 Å². The molecular formula is C25H34O3. The van der Waals surface area contributed by atoms with E-state index in [-0.39, 0.29) is 28.1 Å². The van der Waals surface area contributed by atoms with Crippen molar-refractivity contribution < 1.29 is 15.0 Å². The van der Waals surface area contributed by atoms with E-state index in [1.54, 1.807) is 19.1 Å². The fraction of sp³-hybridized carbons (Fsp3) is 0.480. The van der Waals surface area contributed by atoms with Gasteiger partial charge in [-0.15, -0.1) is 0 Å². The minimum absolute atomic E-state index is 0.0956. The standard InChI is InChI=1S/C25H34O3/c1-16(26)15-25(8,17-9-11-21(27)19(13-17)23(2,3)4)18-10-12-22(28)20(14-18)24(5,6)7/h9-14,27-28H,15H2,1-8H3. The molecule has 3 heteroatoms. The Labute approximate surface area is 169 Å². The molecule has 0 amide bonds. The van der Waals surface area contributed by atoms with E-state index in [1.807, 2.05) is 24.3 Å². The molecular weight excluding hydrogens is 348 g/mol. The summed E-state index contributed by atoms with van der Waals surface area (Å²) in [5, 5.41) is 20.8. The molecule has 0 saturated carbocycles. The van der Waals surface area contributed by atoms with Gasteiger partial charge in [0.2, 0.25) is 0 Å². The second-order valence-corrected chi connectivity index (χ2v) is 10.2. The predicted molar refractivity (Wildman–Crippen MR) is 115 cm³/mol. The molecule has 0 atom stereocenters. The van der Waals surface area contributed by atoms with Crippen LogP contribution in [0.2, 0.25) is 0 Å². The van der Waals surface area contributed by atoms with Crippen LogP contribution >= 0.6 is 0 Å². The normalized spacial score (nSPS) is 12.9. The first-order chi connectivity index (χ1) is 12.7. The van der Waals surface area contributed by atoms with Gasteiger partial charge in [0.1, 0.15) is 17.3 Å². The zero-order valence-corrected chi connectivity index (χ0v) is 18.5. The second kappa shape index (κ2) is 7.27. The lowest BCUT2D eigenvalue weighted by Crippen LogP contribution is -2.28. The van der Waals surface area contributed by atoms with Gasteiger partial charge in [-0.05, 0) is 52.1 Å². The van der Waals surface area contributed by atoms with Gasteiger partial charge in [0, 0.05) is 11.8 Å². The molecule has 0 unspecified atom stereocenters. The van der Waals surface area contributed by atoms with Crippen molar-refractivity contribution in [3.05, 3.63) is 58.7 Å². The van der Waals surface area contributed by atoms with Crippen LogP contribution in [0.1, 0.15) is 84.1 Å². The van der Waals surface area contributed by atoms with Crippen LogP contribution in [0.25, 0.3) is 0 Å². The van der Waals surface area contributed by atoms with E-state index in [0.29, 0.717) is 6.42 Å². The van der Waals surface area contributed by atoms with E-state index in [4.69, 9.17) is 0 Å². The summed E-state index contributed by atoms with van der Waals surface area (Å²) < 4.78 is 0. The lowest BCUT2D eigenvalue weighted by molar-refractivity contribution is -0.117. The molecule has 0 saturated heterocycles. The predicted octanol–water partition coefficient (Wildman–Crippen LogP) is 5.98. The van der Waals surface area contributed by atoms with Gasteiger partial charge in [-0.25, -0.2) is 0 Å². The number of benzene rings is 2. The molecule has 0 fully saturated rings. The summed E-state index contributed by atoms with van der Waals surface area (Å²) >= 11 is 0. The van der Waals surface area contributed by atoms with Gasteiger partial charge in [-0.2, -0.15) is 0 Å². The van der Waals surface area contributed by atoms with Gasteiger partial charge in [-0.1, -0.05) is 72.7 Å². The van der Waals surface area contributed by atoms with E-state index < -0.39 is 5.41 Å². The maximum atomic E-state index is 12.2. The minimum Gasteiger partial charge on any atom is -0.508 e. The van der Waals surface area contributed by atoms with E-state index in [9.17, 15) is 15.0 Å². The fourth-order valence-corrected chi connectivity index (χ4v) is 3.83. The van der Waals surface area contributed by atoms with Crippen LogP contribution in [0.5, 0.6) is 11.5 Å². The quantitative estimate of drug-likeness (QED) is 0.684. The summed E-state index contributed by atoms with van der Waals surface area (Å²) in [4.78, 5) is 12.2. The van der Waals surface area contributed by atoms with Crippen molar-refractivity contribution in [2.24, 2.45) is 0 Å². The number of carbonyl (C=O) groups excluding carboxylic acids is 1. The van der Waals surface area contributed by atoms with E-state index in [2.05, 4.69) is 48.5 Å². The number of carbonyl (C=O) groups is 1. The van der Waals surface area contributed by atoms with E-state index >= 15 is 0 Å². The number of ketones is 1. The largest absolute Gasteiger partial charge is 0.508 e. The monoisotopic (exact) mass is 382 g/mol. The van der Waals surface area contributed by atoms with Crippen LogP contribution in [-0.4, -0.2) is 16.0 Å². The molecule has 0 aliphatic rings. The van der Waals surface area contributed by atoms with Gasteiger partial charge in [0.25, 0.3) is 0 Å². The van der Waals surface area contributed by atoms with Gasteiger partial charge >= 0.3 is 0 Å². The molecule has 0 aliphatic carbocycles. The lowest BCUT2D eigenvalue weighted by atomic mass is 9.70. The summed E-state index contributed by atoms with van der Waals surface area (Å²) in [6.07, 6.45) is 0.343. The third kappa shape index (κ3) is 4.40. The van der Waals surface area contributed by atoms with Crippen molar-refractivity contribution >= 4 is 5.78 Å². The number of hydrogen-bond donors (Lipinski definition) is 2. The Morgan fingerprint density at radius 3 is 1.39 bits per heavy atom. The highest BCUT2D eigenvalue weighted by molar-refractivity contribution is 5.78. The smallest absolute Gasteiger partial charge is 0.131 e. The molecule has 0 spiro atoms. The van der Waals surface area contributed by atoms with Crippen LogP contribution in [0, 0.1) is 0 Å². The zero-order valence-electron chi connectivity index (χ0n) is 18.5. The van der Waals surface area contributed by atoms with Crippen molar-refractivity contribution in [2.45, 2.75) is 78.1 Å². The SMILES string of the molecule is CC(=O)CC(C)(c1ccc(O)c(C(C)(C)C)c1)c1ccc(O)c(C(C)(C)C)c1. The summed E-state index contributed by atoms with van der Waals surface area (Å²) in [6, 6.07) is 11.3. The van der Waals surface area contributed by atoms with Crippen molar-refractivity contribution in [3.8, 4) is 11.5 Å². The molecule has 0 bridgehead atoms. The summed E-state index contributed by atoms with van der Waals surface area (Å²) in [7, 11) is 0. The molecule has 0 aromatic heterocycles. The number of phenolic OH excluding ortho intramolecular Hbond substituents is 2. The summed E-state index contributed by atoms with van der Waals surface area (Å²) in [5.41, 5.74) is 2.68. The third-order valence-electron chi connectivity index (χ3n) is 5.49. The van der Waals surface area contributed by atoms with E-state index in [0.717, 1.165) is 22.3 Å². The number of rotatable bonds is 4. The van der Waals surface area contributed by atoms with Gasteiger partial charge in [0.05, 0.1) is 0 Å². The first kappa shape index (κ1) is 22.0. The molecule has 28 heavy (non-hydrogen) atoms. The van der Waals surface area contributed by atoms with Crippen molar-refractivity contribution in [1.82, 2.24) is 0 Å². The number of aromatic hydroxyl groups is 2. The molecule has 0 radical (unpaired) electrons. The molecule has 152 valence electrons. The Bertz CT molecular complexity index is 816. The Morgan fingerprint density at radius 1 is 0.750 bits per heavy atom. The maximum absolute atomic E-state index is 12.2. The molecule has 0 aliphatic heterocycles. The Balaban J connectivity index is 2.75. The average Bonchev–Trinajstić information content (AvgIpc) is 2.52. The zero-order chi connectivity index (χ0) is 21.5. The van der Waals surface area contributed by atoms with Crippen LogP contribution < -0.4 is 0 Å². The first-order valence-electron chi connectivity index (χ1n) is 9.83. The van der Waals surface area contributed by atoms with Gasteiger partial charge in [-0.3, -0.25) is 4.79 Å². The van der Waals surface area contributed by atoms with Crippen molar-refractivity contribution in [1.29, 1.82) is 0 Å². The highest BCUT2D eigenvalue weighted by Gasteiger charge is 2.34. The average molecular weight is 383 g/mol. The highest BCUT2D eigenvalue weighted by Crippen LogP contribution is 2.42. The highest BCUT2D eigenvalue weighted by atomic mass is 16.3. The van der Waals surface area contributed by atoms with Crippen LogP contribution in [-0.2, 0) is 21.0 Å². The fourth-order valence-electron chi connectivity index (χ4n) is 3.83. The van der Waals surface area contributed by atoms with Crippen molar-refractivity contribution in [2.75, 3.05) is 0 Å². The molecule has 2 aromatic carbocycles. The molecule has 2 N–H and O–H groups in total. The lowest BCUT2D eigenvalue weighted by Gasteiger charge is -2.33. The number of hydrogen-bond acceptors (Lipinski definition) is 3. The molecule has 2 rings (SSSR count).